The van der Waals surface area contributed by atoms with E-state index in [4.69, 9.17) is 16.3 Å². The highest BCUT2D eigenvalue weighted by atomic mass is 35.5. The maximum absolute atomic E-state index is 13.3. The number of halogens is 1. The molecule has 0 spiro atoms. The van der Waals surface area contributed by atoms with Crippen LogP contribution in [0.2, 0.25) is 5.15 Å². The van der Waals surface area contributed by atoms with Crippen molar-refractivity contribution in [3.63, 3.8) is 0 Å². The van der Waals surface area contributed by atoms with Gasteiger partial charge in [-0.3, -0.25) is 4.68 Å². The van der Waals surface area contributed by atoms with Crippen molar-refractivity contribution in [2.24, 2.45) is 18.9 Å². The van der Waals surface area contributed by atoms with Crippen molar-refractivity contribution >= 4 is 21.6 Å². The van der Waals surface area contributed by atoms with E-state index in [9.17, 15) is 13.5 Å². The largest absolute Gasteiger partial charge is 0.497 e. The number of benzene rings is 1. The number of hydrogen-bond donors (Lipinski definition) is 1. The summed E-state index contributed by atoms with van der Waals surface area (Å²) in [6.07, 6.45) is 1.38. The second-order valence-corrected chi connectivity index (χ2v) is 9.95. The van der Waals surface area contributed by atoms with Crippen LogP contribution in [-0.2, 0) is 22.7 Å². The van der Waals surface area contributed by atoms with E-state index in [1.54, 1.807) is 21.1 Å². The number of aromatic nitrogens is 2. The summed E-state index contributed by atoms with van der Waals surface area (Å²) < 4.78 is 34.6. The second kappa shape index (κ2) is 6.73. The molecule has 2 aliphatic rings. The first-order valence-electron chi connectivity index (χ1n) is 9.24. The molecule has 1 aromatic carbocycles. The summed E-state index contributed by atoms with van der Waals surface area (Å²) in [6.45, 7) is 2.28. The minimum Gasteiger partial charge on any atom is -0.497 e. The SMILES string of the molecule is COc1cccc([C@]2(O)CC[C@@H]3CN(S(=O)(=O)c4c(C)nn(C)c4Cl)C[C@H]32)c1. The Morgan fingerprint density at radius 2 is 2.11 bits per heavy atom. The molecular formula is C19H24ClN3O4S. The van der Waals surface area contributed by atoms with Crippen LogP contribution in [0.1, 0.15) is 24.1 Å². The first kappa shape index (κ1) is 19.7. The Hall–Kier alpha value is -1.61. The lowest BCUT2D eigenvalue weighted by molar-refractivity contribution is -0.00416. The van der Waals surface area contributed by atoms with E-state index in [2.05, 4.69) is 5.10 Å². The molecule has 1 aliphatic carbocycles. The van der Waals surface area contributed by atoms with Gasteiger partial charge in [0, 0.05) is 26.1 Å². The van der Waals surface area contributed by atoms with E-state index in [0.717, 1.165) is 12.0 Å². The van der Waals surface area contributed by atoms with Gasteiger partial charge < -0.3 is 9.84 Å². The van der Waals surface area contributed by atoms with E-state index in [1.165, 1.54) is 8.99 Å². The third kappa shape index (κ3) is 2.85. The van der Waals surface area contributed by atoms with Crippen molar-refractivity contribution < 1.29 is 18.3 Å². The fraction of sp³-hybridized carbons (Fsp3) is 0.526. The highest BCUT2D eigenvalue weighted by Gasteiger charge is 2.55. The summed E-state index contributed by atoms with van der Waals surface area (Å²) in [5.74, 6) is 0.599. The maximum atomic E-state index is 13.3. The zero-order chi connectivity index (χ0) is 20.3. The molecule has 1 aliphatic heterocycles. The smallest absolute Gasteiger partial charge is 0.248 e. The standard InChI is InChI=1S/C19H24ClN3O4S/c1-12-17(18(20)22(2)21-12)28(25,26)23-10-13-7-8-19(24,16(13)11-23)14-5-4-6-15(9-14)27-3/h4-6,9,13,16,24H,7-8,10-11H2,1-3H3/t13-,16-,19-/m1/s1. The van der Waals surface area contributed by atoms with Crippen LogP contribution in [0.15, 0.2) is 29.2 Å². The van der Waals surface area contributed by atoms with Gasteiger partial charge in [0.25, 0.3) is 0 Å². The van der Waals surface area contributed by atoms with Gasteiger partial charge in [-0.1, -0.05) is 23.7 Å². The lowest BCUT2D eigenvalue weighted by Gasteiger charge is -2.31. The summed E-state index contributed by atoms with van der Waals surface area (Å²) in [6, 6.07) is 7.39. The average Bonchev–Trinajstić information content (AvgIpc) is 3.30. The fourth-order valence-corrected chi connectivity index (χ4v) is 6.96. The Balaban J connectivity index is 1.66. The van der Waals surface area contributed by atoms with E-state index < -0.39 is 15.6 Å². The molecule has 0 amide bonds. The van der Waals surface area contributed by atoms with Crippen LogP contribution in [0.3, 0.4) is 0 Å². The number of nitrogens with zero attached hydrogens (tertiary/aromatic N) is 3. The molecule has 0 bridgehead atoms. The number of ether oxygens (including phenoxy) is 1. The Morgan fingerprint density at radius 3 is 2.75 bits per heavy atom. The highest BCUT2D eigenvalue weighted by molar-refractivity contribution is 7.89. The van der Waals surface area contributed by atoms with Crippen molar-refractivity contribution in [2.45, 2.75) is 30.3 Å². The second-order valence-electron chi connectivity index (χ2n) is 7.71. The van der Waals surface area contributed by atoms with Crippen molar-refractivity contribution in [3.05, 3.63) is 40.7 Å². The zero-order valence-corrected chi connectivity index (χ0v) is 17.7. The molecular weight excluding hydrogens is 402 g/mol. The third-order valence-electron chi connectivity index (χ3n) is 6.18. The summed E-state index contributed by atoms with van der Waals surface area (Å²) in [5, 5.41) is 15.7. The van der Waals surface area contributed by atoms with Gasteiger partial charge in [0.2, 0.25) is 10.0 Å². The zero-order valence-electron chi connectivity index (χ0n) is 16.1. The molecule has 152 valence electrons. The molecule has 0 radical (unpaired) electrons. The van der Waals surface area contributed by atoms with Crippen molar-refractivity contribution in [1.82, 2.24) is 14.1 Å². The predicted octanol–water partition coefficient (Wildman–Crippen LogP) is 2.31. The van der Waals surface area contributed by atoms with Crippen molar-refractivity contribution in [1.29, 1.82) is 0 Å². The van der Waals surface area contributed by atoms with Gasteiger partial charge in [-0.05, 0) is 43.4 Å². The van der Waals surface area contributed by atoms with Crippen LogP contribution in [0.25, 0.3) is 0 Å². The molecule has 1 saturated heterocycles. The number of methoxy groups -OCH3 is 1. The number of hydrogen-bond acceptors (Lipinski definition) is 5. The first-order valence-corrected chi connectivity index (χ1v) is 11.1. The molecule has 2 heterocycles. The molecule has 7 nitrogen and oxygen atoms in total. The molecule has 2 aromatic rings. The molecule has 3 atom stereocenters. The van der Waals surface area contributed by atoms with Crippen LogP contribution in [0.4, 0.5) is 0 Å². The van der Waals surface area contributed by atoms with Gasteiger partial charge in [-0.2, -0.15) is 9.40 Å². The molecule has 9 heteroatoms. The summed E-state index contributed by atoms with van der Waals surface area (Å²) in [4.78, 5) is 0.0570. The predicted molar refractivity (Wildman–Crippen MR) is 105 cm³/mol. The normalized spacial score (nSPS) is 27.9. The molecule has 1 N–H and O–H groups in total. The Morgan fingerprint density at radius 1 is 1.36 bits per heavy atom. The molecule has 2 fully saturated rings. The van der Waals surface area contributed by atoms with Crippen LogP contribution in [0.5, 0.6) is 5.75 Å². The van der Waals surface area contributed by atoms with Gasteiger partial charge in [0.05, 0.1) is 18.4 Å². The van der Waals surface area contributed by atoms with Crippen LogP contribution in [-0.4, -0.2) is 47.8 Å². The van der Waals surface area contributed by atoms with Crippen molar-refractivity contribution in [2.75, 3.05) is 20.2 Å². The minimum atomic E-state index is -3.78. The molecule has 0 unspecified atom stereocenters. The van der Waals surface area contributed by atoms with E-state index >= 15 is 0 Å². The number of aryl methyl sites for hydroxylation is 2. The Kier molecular flexibility index (Phi) is 4.73. The van der Waals surface area contributed by atoms with Gasteiger partial charge in [-0.25, -0.2) is 8.42 Å². The molecule has 1 aromatic heterocycles. The third-order valence-corrected chi connectivity index (χ3v) is 8.71. The summed E-state index contributed by atoms with van der Waals surface area (Å²) >= 11 is 6.21. The van der Waals surface area contributed by atoms with Crippen molar-refractivity contribution in [3.8, 4) is 5.75 Å². The topological polar surface area (TPSA) is 84.7 Å². The minimum absolute atomic E-state index is 0.0570. The van der Waals surface area contributed by atoms with Crippen LogP contribution >= 0.6 is 11.6 Å². The Labute approximate surface area is 169 Å². The van der Waals surface area contributed by atoms with Gasteiger partial charge in [-0.15, -0.1) is 0 Å². The number of sulfonamides is 1. The quantitative estimate of drug-likeness (QED) is 0.812. The first-order chi connectivity index (χ1) is 13.2. The highest BCUT2D eigenvalue weighted by Crippen LogP contribution is 2.52. The number of aliphatic hydroxyl groups is 1. The van der Waals surface area contributed by atoms with E-state index in [-0.39, 0.29) is 28.4 Å². The van der Waals surface area contributed by atoms with Gasteiger partial charge >= 0.3 is 0 Å². The maximum Gasteiger partial charge on any atom is 0.248 e. The number of rotatable bonds is 4. The number of fused-ring (bicyclic) bond motifs is 1. The summed E-state index contributed by atoms with van der Waals surface area (Å²) in [5.41, 5.74) is 0.0823. The average molecular weight is 426 g/mol. The van der Waals surface area contributed by atoms with E-state index in [0.29, 0.717) is 24.4 Å². The lowest BCUT2D eigenvalue weighted by atomic mass is 9.82. The monoisotopic (exact) mass is 425 g/mol. The fourth-order valence-electron chi connectivity index (χ4n) is 4.74. The van der Waals surface area contributed by atoms with Gasteiger partial charge in [0.1, 0.15) is 15.8 Å². The lowest BCUT2D eigenvalue weighted by Crippen LogP contribution is -2.36. The van der Waals surface area contributed by atoms with Crippen LogP contribution < -0.4 is 4.74 Å². The molecule has 4 rings (SSSR count). The molecule has 28 heavy (non-hydrogen) atoms. The van der Waals surface area contributed by atoms with Crippen LogP contribution in [0, 0.1) is 18.8 Å². The van der Waals surface area contributed by atoms with Gasteiger partial charge in [0.15, 0.2) is 0 Å². The Bertz CT molecular complexity index is 1020. The molecule has 1 saturated carbocycles. The van der Waals surface area contributed by atoms with E-state index in [1.807, 2.05) is 24.3 Å². The summed E-state index contributed by atoms with van der Waals surface area (Å²) in [7, 11) is -0.577.